The maximum absolute atomic E-state index is 12.3. The van der Waals surface area contributed by atoms with E-state index in [1.807, 2.05) is 37.4 Å². The lowest BCUT2D eigenvalue weighted by Crippen LogP contribution is -2.14. The van der Waals surface area contributed by atoms with E-state index in [1.165, 1.54) is 0 Å². The molecule has 1 saturated carbocycles. The van der Waals surface area contributed by atoms with Crippen LogP contribution in [0, 0.1) is 12.8 Å². The van der Waals surface area contributed by atoms with Crippen molar-refractivity contribution in [3.8, 4) is 5.69 Å². The van der Waals surface area contributed by atoms with E-state index in [0.717, 1.165) is 29.7 Å². The topological polar surface area (TPSA) is 81.1 Å². The third-order valence-corrected chi connectivity index (χ3v) is 6.83. The summed E-state index contributed by atoms with van der Waals surface area (Å²) >= 11 is 0. The maximum atomic E-state index is 12.3. The molecule has 1 aliphatic carbocycles. The molecule has 0 radical (unpaired) electrons. The van der Waals surface area contributed by atoms with Crippen LogP contribution < -0.4 is 5.32 Å². The van der Waals surface area contributed by atoms with Crippen LogP contribution in [0.15, 0.2) is 65.8 Å². The molecule has 150 valence electrons. The number of aryl methyl sites for hydroxylation is 1. The molecule has 0 saturated heterocycles. The molecule has 1 fully saturated rings. The average molecular weight is 410 g/mol. The fraction of sp³-hybridized carbons (Fsp3) is 0.273. The minimum atomic E-state index is -3.22. The largest absolute Gasteiger partial charge is 0.326 e. The highest BCUT2D eigenvalue weighted by Crippen LogP contribution is 2.32. The van der Waals surface area contributed by atoms with E-state index in [9.17, 15) is 13.2 Å². The van der Waals surface area contributed by atoms with Gasteiger partial charge in [-0.05, 0) is 73.2 Å². The molecular formula is C22H23N3O3S. The molecule has 0 bridgehead atoms. The first-order chi connectivity index (χ1) is 13.9. The lowest BCUT2D eigenvalue weighted by molar-refractivity contribution is -0.115. The summed E-state index contributed by atoms with van der Waals surface area (Å²) in [6, 6.07) is 14.1. The van der Waals surface area contributed by atoms with E-state index in [-0.39, 0.29) is 18.1 Å². The van der Waals surface area contributed by atoms with Gasteiger partial charge in [-0.25, -0.2) is 13.1 Å². The van der Waals surface area contributed by atoms with Crippen molar-refractivity contribution in [3.63, 3.8) is 0 Å². The maximum Gasteiger partial charge on any atom is 0.228 e. The number of hydrogen-bond acceptors (Lipinski definition) is 4. The molecule has 1 N–H and O–H groups in total. The minimum absolute atomic E-state index is 0.152. The number of anilines is 1. The first kappa shape index (κ1) is 19.4. The Morgan fingerprint density at radius 1 is 1.10 bits per heavy atom. The molecule has 1 aliphatic rings. The molecule has 0 spiro atoms. The third kappa shape index (κ3) is 4.92. The molecule has 7 heteroatoms. The van der Waals surface area contributed by atoms with Crippen molar-refractivity contribution in [1.82, 2.24) is 9.78 Å². The van der Waals surface area contributed by atoms with Crippen molar-refractivity contribution in [3.05, 3.63) is 72.1 Å². The fourth-order valence-electron chi connectivity index (χ4n) is 3.15. The zero-order valence-corrected chi connectivity index (χ0v) is 17.0. The van der Waals surface area contributed by atoms with Gasteiger partial charge in [-0.1, -0.05) is 12.1 Å². The van der Waals surface area contributed by atoms with Crippen molar-refractivity contribution >= 4 is 21.4 Å². The van der Waals surface area contributed by atoms with Crippen molar-refractivity contribution < 1.29 is 13.2 Å². The normalized spacial score (nSPS) is 14.0. The van der Waals surface area contributed by atoms with E-state index in [4.69, 9.17) is 0 Å². The number of rotatable bonds is 7. The highest BCUT2D eigenvalue weighted by Gasteiger charge is 2.28. The van der Waals surface area contributed by atoms with Crippen LogP contribution in [-0.4, -0.2) is 29.9 Å². The number of sulfone groups is 1. The summed E-state index contributed by atoms with van der Waals surface area (Å²) < 4.78 is 26.4. The minimum Gasteiger partial charge on any atom is -0.326 e. The second-order valence-electron chi connectivity index (χ2n) is 7.60. The predicted molar refractivity (Wildman–Crippen MR) is 112 cm³/mol. The Morgan fingerprint density at radius 2 is 1.79 bits per heavy atom. The van der Waals surface area contributed by atoms with Gasteiger partial charge in [0.1, 0.15) is 0 Å². The molecule has 6 nitrogen and oxygen atoms in total. The van der Waals surface area contributed by atoms with Gasteiger partial charge in [0.2, 0.25) is 5.91 Å². The molecule has 0 atom stereocenters. The summed E-state index contributed by atoms with van der Waals surface area (Å²) in [5.41, 5.74) is 3.47. The van der Waals surface area contributed by atoms with Gasteiger partial charge in [-0.15, -0.1) is 0 Å². The van der Waals surface area contributed by atoms with Crippen LogP contribution in [0.1, 0.15) is 24.0 Å². The number of hydrogen-bond donors (Lipinski definition) is 1. The molecule has 0 unspecified atom stereocenters. The molecular weight excluding hydrogens is 386 g/mol. The highest BCUT2D eigenvalue weighted by molar-refractivity contribution is 7.91. The van der Waals surface area contributed by atoms with Crippen LogP contribution >= 0.6 is 0 Å². The summed E-state index contributed by atoms with van der Waals surface area (Å²) in [6.45, 7) is 1.98. The Balaban J connectivity index is 1.35. The Bertz CT molecular complexity index is 1110. The molecule has 1 heterocycles. The predicted octanol–water partition coefficient (Wildman–Crippen LogP) is 3.55. The lowest BCUT2D eigenvalue weighted by Gasteiger charge is -2.08. The van der Waals surface area contributed by atoms with Crippen molar-refractivity contribution in [2.45, 2.75) is 31.1 Å². The van der Waals surface area contributed by atoms with Crippen molar-refractivity contribution in [2.24, 2.45) is 5.92 Å². The number of benzene rings is 2. The van der Waals surface area contributed by atoms with Gasteiger partial charge in [0.05, 0.1) is 29.0 Å². The second-order valence-corrected chi connectivity index (χ2v) is 9.64. The van der Waals surface area contributed by atoms with Gasteiger partial charge in [0.25, 0.3) is 0 Å². The Morgan fingerprint density at radius 3 is 2.38 bits per heavy atom. The number of aromatic nitrogens is 2. The van der Waals surface area contributed by atoms with Gasteiger partial charge in [0, 0.05) is 11.9 Å². The average Bonchev–Trinajstić information content (AvgIpc) is 3.38. The summed E-state index contributed by atoms with van der Waals surface area (Å²) in [6.07, 6.45) is 5.91. The first-order valence-corrected chi connectivity index (χ1v) is 11.3. The second kappa shape index (κ2) is 7.83. The fourth-order valence-corrected chi connectivity index (χ4v) is 4.84. The van der Waals surface area contributed by atoms with Gasteiger partial charge in [-0.3, -0.25) is 4.79 Å². The molecule has 1 amide bonds. The molecule has 0 aliphatic heterocycles. The van der Waals surface area contributed by atoms with Gasteiger partial charge in [-0.2, -0.15) is 5.10 Å². The van der Waals surface area contributed by atoms with Crippen LogP contribution in [0.3, 0.4) is 0 Å². The van der Waals surface area contributed by atoms with Crippen molar-refractivity contribution in [1.29, 1.82) is 0 Å². The molecule has 2 aromatic carbocycles. The van der Waals surface area contributed by atoms with E-state index >= 15 is 0 Å². The van der Waals surface area contributed by atoms with Crippen LogP contribution in [0.2, 0.25) is 0 Å². The lowest BCUT2D eigenvalue weighted by atomic mass is 10.1. The Kier molecular flexibility index (Phi) is 5.24. The number of nitrogens with zero attached hydrogens (tertiary/aromatic N) is 2. The smallest absolute Gasteiger partial charge is 0.228 e. The standard InChI is InChI=1S/C22H23N3O3S/c1-16-13-23-25(14-16)20-8-6-19(7-9-20)24-22(26)12-17-4-10-21(11-5-17)29(27,28)15-18-2-3-18/h4-11,13-14,18H,2-3,12,15H2,1H3,(H,24,26). The van der Waals surface area contributed by atoms with Gasteiger partial charge < -0.3 is 5.32 Å². The van der Waals surface area contributed by atoms with Gasteiger partial charge >= 0.3 is 0 Å². The molecule has 29 heavy (non-hydrogen) atoms. The number of carbonyl (C=O) groups excluding carboxylic acids is 1. The SMILES string of the molecule is Cc1cnn(-c2ccc(NC(=O)Cc3ccc(S(=O)(=O)CC4CC4)cc3)cc2)c1. The Labute approximate surface area is 170 Å². The summed E-state index contributed by atoms with van der Waals surface area (Å²) in [5.74, 6) is 0.386. The number of amides is 1. The van der Waals surface area contributed by atoms with E-state index < -0.39 is 9.84 Å². The number of nitrogens with one attached hydrogen (secondary N) is 1. The van der Waals surface area contributed by atoms with Gasteiger partial charge in [0.15, 0.2) is 9.84 Å². The Hall–Kier alpha value is -2.93. The van der Waals surface area contributed by atoms with Crippen LogP contribution in [-0.2, 0) is 21.1 Å². The van der Waals surface area contributed by atoms with Crippen LogP contribution in [0.4, 0.5) is 5.69 Å². The highest BCUT2D eigenvalue weighted by atomic mass is 32.2. The molecule has 4 rings (SSSR count). The van der Waals surface area contributed by atoms with Crippen molar-refractivity contribution in [2.75, 3.05) is 11.1 Å². The zero-order valence-electron chi connectivity index (χ0n) is 16.2. The first-order valence-electron chi connectivity index (χ1n) is 9.62. The van der Waals surface area contributed by atoms with E-state index in [0.29, 0.717) is 16.5 Å². The van der Waals surface area contributed by atoms with Crippen LogP contribution in [0.5, 0.6) is 0 Å². The monoisotopic (exact) mass is 409 g/mol. The zero-order chi connectivity index (χ0) is 20.4. The quantitative estimate of drug-likeness (QED) is 0.647. The van der Waals surface area contributed by atoms with E-state index in [1.54, 1.807) is 35.1 Å². The summed E-state index contributed by atoms with van der Waals surface area (Å²) in [5, 5.41) is 7.13. The summed E-state index contributed by atoms with van der Waals surface area (Å²) in [7, 11) is -3.22. The molecule has 1 aromatic heterocycles. The summed E-state index contributed by atoms with van der Waals surface area (Å²) in [4.78, 5) is 12.7. The third-order valence-electron chi connectivity index (χ3n) is 4.93. The van der Waals surface area contributed by atoms with E-state index in [2.05, 4.69) is 10.4 Å². The van der Waals surface area contributed by atoms with Crippen LogP contribution in [0.25, 0.3) is 5.69 Å². The molecule has 3 aromatic rings. The number of carbonyl (C=O) groups is 1.